The summed E-state index contributed by atoms with van der Waals surface area (Å²) >= 11 is 0. The van der Waals surface area contributed by atoms with Crippen molar-refractivity contribution in [2.45, 2.75) is 39.5 Å². The van der Waals surface area contributed by atoms with E-state index in [0.29, 0.717) is 36.8 Å². The summed E-state index contributed by atoms with van der Waals surface area (Å²) in [6, 6.07) is 2.07. The van der Waals surface area contributed by atoms with Gasteiger partial charge in [0, 0.05) is 18.3 Å². The number of hydrogen-bond acceptors (Lipinski definition) is 6. The van der Waals surface area contributed by atoms with Crippen molar-refractivity contribution in [2.24, 2.45) is 23.5 Å². The van der Waals surface area contributed by atoms with Gasteiger partial charge in [-0.1, -0.05) is 6.92 Å². The van der Waals surface area contributed by atoms with Gasteiger partial charge >= 0.3 is 5.97 Å². The van der Waals surface area contributed by atoms with Crippen LogP contribution in [0, 0.1) is 29.1 Å². The van der Waals surface area contributed by atoms with Crippen LogP contribution in [0.5, 0.6) is 0 Å². The van der Waals surface area contributed by atoms with Gasteiger partial charge in [0.1, 0.15) is 13.2 Å². The van der Waals surface area contributed by atoms with Crippen molar-refractivity contribution in [1.82, 2.24) is 0 Å². The van der Waals surface area contributed by atoms with Crippen molar-refractivity contribution >= 4 is 22.0 Å². The molecule has 0 saturated heterocycles. The highest BCUT2D eigenvalue weighted by molar-refractivity contribution is 7.85. The molecule has 0 aromatic carbocycles. The van der Waals surface area contributed by atoms with Gasteiger partial charge in [-0.15, -0.1) is 0 Å². The lowest BCUT2D eigenvalue weighted by atomic mass is 9.86. The lowest BCUT2D eigenvalue weighted by Crippen LogP contribution is -2.44. The molecule has 0 aromatic heterocycles. The maximum Gasteiger partial charge on any atom is 0.309 e. The Kier molecular flexibility index (Phi) is 11.3. The molecule has 9 nitrogen and oxygen atoms in total. The fourth-order valence-corrected chi connectivity index (χ4v) is 3.37. The minimum atomic E-state index is -3.98. The predicted molar refractivity (Wildman–Crippen MR) is 104 cm³/mol. The first-order chi connectivity index (χ1) is 12.8. The highest BCUT2D eigenvalue weighted by Crippen LogP contribution is 2.23. The number of quaternary nitrogens is 1. The highest BCUT2D eigenvalue weighted by atomic mass is 32.2. The molecular weight excluding hydrogens is 386 g/mol. The number of nitrogens with two attached hydrogens (primary N) is 1. The molecule has 0 aliphatic rings. The Morgan fingerprint density at radius 3 is 2.29 bits per heavy atom. The molecule has 0 aliphatic heterocycles. The summed E-state index contributed by atoms with van der Waals surface area (Å²) in [7, 11) is -0.225. The van der Waals surface area contributed by atoms with Crippen LogP contribution in [-0.4, -0.2) is 68.9 Å². The number of rotatable bonds is 14. The van der Waals surface area contributed by atoms with Crippen LogP contribution in [0.2, 0.25) is 0 Å². The van der Waals surface area contributed by atoms with Crippen molar-refractivity contribution in [2.75, 3.05) is 39.5 Å². The van der Waals surface area contributed by atoms with Crippen molar-refractivity contribution in [1.29, 1.82) is 5.26 Å². The zero-order valence-corrected chi connectivity index (χ0v) is 18.1. The summed E-state index contributed by atoms with van der Waals surface area (Å²) in [5, 5.41) is 8.92. The molecule has 0 bridgehead atoms. The van der Waals surface area contributed by atoms with E-state index in [1.165, 1.54) is 0 Å². The summed E-state index contributed by atoms with van der Waals surface area (Å²) in [4.78, 5) is 24.0. The summed E-state index contributed by atoms with van der Waals surface area (Å²) in [6.45, 7) is 4.68. The lowest BCUT2D eigenvalue weighted by Gasteiger charge is -2.29. The smallest absolute Gasteiger partial charge is 0.309 e. The van der Waals surface area contributed by atoms with Crippen LogP contribution in [0.3, 0.4) is 0 Å². The largest absolute Gasteiger partial charge is 0.459 e. The minimum Gasteiger partial charge on any atom is -0.459 e. The third kappa shape index (κ3) is 11.9. The van der Waals surface area contributed by atoms with Gasteiger partial charge < -0.3 is 15.0 Å². The number of hydrogen-bond donors (Lipinski definition) is 2. The van der Waals surface area contributed by atoms with Crippen LogP contribution < -0.4 is 5.73 Å². The first-order valence-electron chi connectivity index (χ1n) is 9.44. The fourth-order valence-electron chi connectivity index (χ4n) is 2.88. The molecule has 162 valence electrons. The van der Waals surface area contributed by atoms with Crippen LogP contribution in [0.15, 0.2) is 0 Å². The molecule has 1 amide bonds. The van der Waals surface area contributed by atoms with Crippen molar-refractivity contribution in [3.05, 3.63) is 0 Å². The van der Waals surface area contributed by atoms with Gasteiger partial charge in [-0.3, -0.25) is 14.1 Å². The second kappa shape index (κ2) is 12.0. The van der Waals surface area contributed by atoms with E-state index in [4.69, 9.17) is 20.3 Å². The summed E-state index contributed by atoms with van der Waals surface area (Å²) in [5.41, 5.74) is 5.41. The van der Waals surface area contributed by atoms with Crippen LogP contribution in [-0.2, 0) is 24.4 Å². The number of carbonyl (C=O) groups is 2. The van der Waals surface area contributed by atoms with Crippen LogP contribution in [0.1, 0.15) is 39.5 Å². The Hall–Kier alpha value is -1.70. The predicted octanol–water partition coefficient (Wildman–Crippen LogP) is 0.951. The Bertz CT molecular complexity index is 657. The van der Waals surface area contributed by atoms with Gasteiger partial charge in [0.05, 0.1) is 38.4 Å². The number of nitriles is 1. The van der Waals surface area contributed by atoms with Gasteiger partial charge in [0.15, 0.2) is 0 Å². The lowest BCUT2D eigenvalue weighted by molar-refractivity contribution is -0.890. The standard InChI is InChI=1S/C18H33N3O6S/c1-5-15(12-16(17(20)22)11-14(2)13-19)18(23)27-9-8-21(3,4)7-6-10-28(24,25)26/h14-16H,5-12H2,1-4H3,(H2-,20,22,24,25,26)/p+1. The molecule has 3 atom stereocenters. The number of likely N-dealkylation sites (N-methyl/N-ethyl adjacent to an activating group) is 1. The quantitative estimate of drug-likeness (QED) is 0.241. The van der Waals surface area contributed by atoms with Crippen molar-refractivity contribution < 1.29 is 31.8 Å². The number of primary amides is 1. The molecule has 0 fully saturated rings. The van der Waals surface area contributed by atoms with E-state index in [0.717, 1.165) is 0 Å². The SMILES string of the molecule is CCC(CC(CC(C)C#N)C(N)=O)C(=O)OCC[N+](C)(C)CCCS(=O)(=O)O. The molecule has 10 heteroatoms. The Balaban J connectivity index is 4.56. The summed E-state index contributed by atoms with van der Waals surface area (Å²) in [6.07, 6.45) is 1.36. The third-order valence-corrected chi connectivity index (χ3v) is 5.57. The molecule has 0 saturated carbocycles. The van der Waals surface area contributed by atoms with Crippen LogP contribution >= 0.6 is 0 Å². The number of amides is 1. The monoisotopic (exact) mass is 420 g/mol. The first-order valence-corrected chi connectivity index (χ1v) is 11.0. The average molecular weight is 421 g/mol. The molecule has 0 rings (SSSR count). The topological polar surface area (TPSA) is 148 Å². The molecule has 28 heavy (non-hydrogen) atoms. The summed E-state index contributed by atoms with van der Waals surface area (Å²) in [5.74, 6) is -2.59. The molecular formula is C18H34N3O6S+. The van der Waals surface area contributed by atoms with Crippen LogP contribution in [0.25, 0.3) is 0 Å². The van der Waals surface area contributed by atoms with Gasteiger partial charge in [-0.2, -0.15) is 13.7 Å². The van der Waals surface area contributed by atoms with E-state index in [1.807, 2.05) is 21.0 Å². The third-order valence-electron chi connectivity index (χ3n) is 4.76. The van der Waals surface area contributed by atoms with Gasteiger partial charge in [0.25, 0.3) is 10.1 Å². The van der Waals surface area contributed by atoms with Crippen LogP contribution in [0.4, 0.5) is 0 Å². The van der Waals surface area contributed by atoms with E-state index in [9.17, 15) is 18.0 Å². The molecule has 0 radical (unpaired) electrons. The van der Waals surface area contributed by atoms with E-state index in [2.05, 4.69) is 6.07 Å². The Morgan fingerprint density at radius 2 is 1.82 bits per heavy atom. The second-order valence-corrected chi connectivity index (χ2v) is 9.47. The minimum absolute atomic E-state index is 0.157. The molecule has 0 spiro atoms. The normalized spacial score (nSPS) is 15.3. The highest BCUT2D eigenvalue weighted by Gasteiger charge is 2.28. The molecule has 3 N–H and O–H groups in total. The molecule has 0 heterocycles. The average Bonchev–Trinajstić information content (AvgIpc) is 2.56. The molecule has 0 aromatic rings. The summed E-state index contributed by atoms with van der Waals surface area (Å²) < 4.78 is 36.1. The maximum atomic E-state index is 12.4. The Labute approximate surface area is 168 Å². The van der Waals surface area contributed by atoms with Crippen molar-refractivity contribution in [3.8, 4) is 6.07 Å². The van der Waals surface area contributed by atoms with Gasteiger partial charge in [0.2, 0.25) is 5.91 Å². The van der Waals surface area contributed by atoms with Gasteiger partial charge in [-0.05, 0) is 26.2 Å². The van der Waals surface area contributed by atoms with E-state index in [-0.39, 0.29) is 24.7 Å². The molecule has 0 aliphatic carbocycles. The molecule has 3 unspecified atom stereocenters. The van der Waals surface area contributed by atoms with Crippen molar-refractivity contribution in [3.63, 3.8) is 0 Å². The maximum absolute atomic E-state index is 12.4. The van der Waals surface area contributed by atoms with E-state index in [1.54, 1.807) is 6.92 Å². The fraction of sp³-hybridized carbons (Fsp3) is 0.833. The number of carbonyl (C=O) groups excluding carboxylic acids is 2. The number of esters is 1. The number of nitrogens with zero attached hydrogens (tertiary/aromatic N) is 2. The van der Waals surface area contributed by atoms with E-state index >= 15 is 0 Å². The zero-order valence-electron chi connectivity index (χ0n) is 17.3. The Morgan fingerprint density at radius 1 is 1.21 bits per heavy atom. The van der Waals surface area contributed by atoms with Gasteiger partial charge in [-0.25, -0.2) is 0 Å². The second-order valence-electron chi connectivity index (χ2n) is 7.90. The zero-order chi connectivity index (χ0) is 22.0. The number of ether oxygens (including phenoxy) is 1. The van der Waals surface area contributed by atoms with E-state index < -0.39 is 33.8 Å². The first kappa shape index (κ1) is 26.3.